The predicted octanol–water partition coefficient (Wildman–Crippen LogP) is 1.55. The van der Waals surface area contributed by atoms with E-state index in [1.54, 1.807) is 16.7 Å². The first-order valence-electron chi connectivity index (χ1n) is 4.66. The summed E-state index contributed by atoms with van der Waals surface area (Å²) in [6.07, 6.45) is 2.19. The van der Waals surface area contributed by atoms with Gasteiger partial charge in [0.15, 0.2) is 0 Å². The van der Waals surface area contributed by atoms with Crippen molar-refractivity contribution in [2.45, 2.75) is 13.3 Å². The van der Waals surface area contributed by atoms with Crippen molar-refractivity contribution in [3.05, 3.63) is 36.2 Å². The second kappa shape index (κ2) is 3.68. The molecule has 0 fully saturated rings. The van der Waals surface area contributed by atoms with Gasteiger partial charge in [-0.25, -0.2) is 4.39 Å². The molecule has 0 spiro atoms. The zero-order valence-electron chi connectivity index (χ0n) is 8.31. The first-order valence-corrected chi connectivity index (χ1v) is 4.66. The lowest BCUT2D eigenvalue weighted by atomic mass is 10.2. The van der Waals surface area contributed by atoms with Crippen LogP contribution in [0.5, 0.6) is 0 Å². The van der Waals surface area contributed by atoms with Gasteiger partial charge in [0.25, 0.3) is 0 Å². The van der Waals surface area contributed by atoms with Gasteiger partial charge in [0, 0.05) is 12.1 Å². The highest BCUT2D eigenvalue weighted by atomic mass is 19.1. The van der Waals surface area contributed by atoms with E-state index in [2.05, 4.69) is 10.2 Å². The topological polar surface area (TPSA) is 56.7 Å². The number of rotatable bonds is 2. The lowest BCUT2D eigenvalue weighted by molar-refractivity contribution is 0.616. The van der Waals surface area contributed by atoms with Crippen LogP contribution in [0, 0.1) is 5.82 Å². The molecular formula is C10H11FN4. The van der Waals surface area contributed by atoms with Gasteiger partial charge in [-0.2, -0.15) is 0 Å². The molecule has 0 saturated carbocycles. The summed E-state index contributed by atoms with van der Waals surface area (Å²) in [5.41, 5.74) is 6.30. The van der Waals surface area contributed by atoms with Crippen LogP contribution in [0.4, 0.5) is 10.1 Å². The molecule has 1 aromatic heterocycles. The van der Waals surface area contributed by atoms with E-state index in [0.717, 1.165) is 5.82 Å². The lowest BCUT2D eigenvalue weighted by Crippen LogP contribution is -2.02. The first-order chi connectivity index (χ1) is 7.22. The number of aryl methyl sites for hydroxylation is 1. The van der Waals surface area contributed by atoms with E-state index in [0.29, 0.717) is 17.8 Å². The van der Waals surface area contributed by atoms with Gasteiger partial charge in [-0.05, 0) is 18.2 Å². The summed E-state index contributed by atoms with van der Waals surface area (Å²) in [4.78, 5) is 0. The second-order valence-corrected chi connectivity index (χ2v) is 3.18. The van der Waals surface area contributed by atoms with Gasteiger partial charge in [0.1, 0.15) is 18.0 Å². The number of nitrogens with two attached hydrogens (primary N) is 1. The molecule has 78 valence electrons. The van der Waals surface area contributed by atoms with Crippen molar-refractivity contribution in [2.24, 2.45) is 0 Å². The van der Waals surface area contributed by atoms with Crippen LogP contribution in [-0.2, 0) is 6.42 Å². The molecule has 1 aromatic carbocycles. The van der Waals surface area contributed by atoms with Crippen LogP contribution < -0.4 is 5.73 Å². The number of anilines is 1. The maximum Gasteiger partial charge on any atom is 0.149 e. The molecule has 0 amide bonds. The van der Waals surface area contributed by atoms with Gasteiger partial charge in [-0.1, -0.05) is 6.92 Å². The number of nitrogen functional groups attached to an aromatic ring is 1. The highest BCUT2D eigenvalue weighted by Crippen LogP contribution is 2.17. The summed E-state index contributed by atoms with van der Waals surface area (Å²) >= 11 is 0. The van der Waals surface area contributed by atoms with Gasteiger partial charge in [0.2, 0.25) is 0 Å². The van der Waals surface area contributed by atoms with Crippen molar-refractivity contribution in [3.8, 4) is 5.69 Å². The third-order valence-corrected chi connectivity index (χ3v) is 2.17. The molecule has 0 aliphatic heterocycles. The second-order valence-electron chi connectivity index (χ2n) is 3.18. The van der Waals surface area contributed by atoms with Gasteiger partial charge in [-0.3, -0.25) is 4.57 Å². The van der Waals surface area contributed by atoms with E-state index in [9.17, 15) is 4.39 Å². The Morgan fingerprint density at radius 1 is 1.47 bits per heavy atom. The third-order valence-electron chi connectivity index (χ3n) is 2.17. The van der Waals surface area contributed by atoms with E-state index in [4.69, 9.17) is 5.73 Å². The summed E-state index contributed by atoms with van der Waals surface area (Å²) in [7, 11) is 0. The average molecular weight is 206 g/mol. The smallest absolute Gasteiger partial charge is 0.149 e. The Morgan fingerprint density at radius 3 is 2.93 bits per heavy atom. The molecule has 0 radical (unpaired) electrons. The zero-order chi connectivity index (χ0) is 10.8. The number of hydrogen-bond donors (Lipinski definition) is 1. The molecule has 0 aliphatic carbocycles. The van der Waals surface area contributed by atoms with Crippen LogP contribution in [-0.4, -0.2) is 14.8 Å². The van der Waals surface area contributed by atoms with E-state index in [1.165, 1.54) is 12.4 Å². The Labute approximate surface area is 86.6 Å². The molecule has 2 aromatic rings. The SMILES string of the molecule is CCc1nncn1-c1ccc(N)cc1F. The highest BCUT2D eigenvalue weighted by molar-refractivity contribution is 5.46. The predicted molar refractivity (Wildman–Crippen MR) is 55.1 cm³/mol. The molecule has 0 aliphatic rings. The Morgan fingerprint density at radius 2 is 2.27 bits per heavy atom. The largest absolute Gasteiger partial charge is 0.399 e. The van der Waals surface area contributed by atoms with E-state index < -0.39 is 0 Å². The Balaban J connectivity index is 2.54. The van der Waals surface area contributed by atoms with Crippen LogP contribution >= 0.6 is 0 Å². The normalized spacial score (nSPS) is 10.5. The Kier molecular flexibility index (Phi) is 2.37. The summed E-state index contributed by atoms with van der Waals surface area (Å²) in [6.45, 7) is 1.94. The van der Waals surface area contributed by atoms with Gasteiger partial charge < -0.3 is 5.73 Å². The number of aromatic nitrogens is 3. The number of hydrogen-bond acceptors (Lipinski definition) is 3. The van der Waals surface area contributed by atoms with E-state index in [1.807, 2.05) is 6.92 Å². The molecule has 0 unspecified atom stereocenters. The molecule has 4 nitrogen and oxygen atoms in total. The third kappa shape index (κ3) is 1.68. The summed E-state index contributed by atoms with van der Waals surface area (Å²) in [6, 6.07) is 4.56. The fourth-order valence-electron chi connectivity index (χ4n) is 1.42. The van der Waals surface area contributed by atoms with Crippen molar-refractivity contribution in [1.82, 2.24) is 14.8 Å². The van der Waals surface area contributed by atoms with Crippen LogP contribution in [0.1, 0.15) is 12.7 Å². The summed E-state index contributed by atoms with van der Waals surface area (Å²) in [5, 5.41) is 7.64. The standard InChI is InChI=1S/C10H11FN4/c1-2-10-14-13-6-15(10)9-4-3-7(12)5-8(9)11/h3-6H,2,12H2,1H3. The van der Waals surface area contributed by atoms with Crippen LogP contribution in [0.3, 0.4) is 0 Å². The van der Waals surface area contributed by atoms with Crippen LogP contribution in [0.2, 0.25) is 0 Å². The van der Waals surface area contributed by atoms with E-state index >= 15 is 0 Å². The van der Waals surface area contributed by atoms with Crippen molar-refractivity contribution in [2.75, 3.05) is 5.73 Å². The molecular weight excluding hydrogens is 195 g/mol. The van der Waals surface area contributed by atoms with Gasteiger partial charge in [0.05, 0.1) is 5.69 Å². The van der Waals surface area contributed by atoms with Crippen molar-refractivity contribution in [1.29, 1.82) is 0 Å². The molecule has 2 N–H and O–H groups in total. The average Bonchev–Trinajstić information content (AvgIpc) is 2.65. The monoisotopic (exact) mass is 206 g/mol. The van der Waals surface area contributed by atoms with Crippen molar-refractivity contribution in [3.63, 3.8) is 0 Å². The Hall–Kier alpha value is -1.91. The fourth-order valence-corrected chi connectivity index (χ4v) is 1.42. The Bertz CT molecular complexity index is 478. The zero-order valence-corrected chi connectivity index (χ0v) is 8.31. The number of nitrogens with zero attached hydrogens (tertiary/aromatic N) is 3. The number of halogens is 1. The molecule has 1 heterocycles. The van der Waals surface area contributed by atoms with Crippen LogP contribution in [0.25, 0.3) is 5.69 Å². The minimum atomic E-state index is -0.371. The van der Waals surface area contributed by atoms with Gasteiger partial charge in [-0.15, -0.1) is 10.2 Å². The molecule has 0 saturated heterocycles. The fraction of sp³-hybridized carbons (Fsp3) is 0.200. The maximum absolute atomic E-state index is 13.6. The molecule has 0 bridgehead atoms. The highest BCUT2D eigenvalue weighted by Gasteiger charge is 2.08. The van der Waals surface area contributed by atoms with Crippen molar-refractivity contribution < 1.29 is 4.39 Å². The molecule has 0 atom stereocenters. The number of benzene rings is 1. The van der Waals surface area contributed by atoms with Crippen LogP contribution in [0.15, 0.2) is 24.5 Å². The van der Waals surface area contributed by atoms with Gasteiger partial charge >= 0.3 is 0 Å². The van der Waals surface area contributed by atoms with E-state index in [-0.39, 0.29) is 5.82 Å². The summed E-state index contributed by atoms with van der Waals surface area (Å²) < 4.78 is 15.2. The minimum absolute atomic E-state index is 0.371. The maximum atomic E-state index is 13.6. The molecule has 15 heavy (non-hydrogen) atoms. The summed E-state index contributed by atoms with van der Waals surface area (Å²) in [5.74, 6) is 0.350. The lowest BCUT2D eigenvalue weighted by Gasteiger charge is -2.06. The molecule has 2 rings (SSSR count). The first kappa shape index (κ1) is 9.64. The van der Waals surface area contributed by atoms with Crippen molar-refractivity contribution >= 4 is 5.69 Å². The minimum Gasteiger partial charge on any atom is -0.399 e. The molecule has 5 heteroatoms. The quantitative estimate of drug-likeness (QED) is 0.758.